The number of thiophene rings is 1. The number of benzene rings is 1. The van der Waals surface area contributed by atoms with Gasteiger partial charge in [-0.3, -0.25) is 4.90 Å². The number of rotatable bonds is 5. The molecule has 0 bridgehead atoms. The topological polar surface area (TPSA) is 44.4 Å². The van der Waals surface area contributed by atoms with E-state index in [1.54, 1.807) is 0 Å². The molecular formula is C21H27N3OS. The van der Waals surface area contributed by atoms with Gasteiger partial charge in [0, 0.05) is 37.1 Å². The zero-order valence-corrected chi connectivity index (χ0v) is 16.2. The van der Waals surface area contributed by atoms with Crippen LogP contribution in [-0.4, -0.2) is 30.1 Å². The first-order valence-electron chi connectivity index (χ1n) is 9.61. The van der Waals surface area contributed by atoms with Gasteiger partial charge in [0.15, 0.2) is 0 Å². The maximum atomic E-state index is 12.2. The van der Waals surface area contributed by atoms with E-state index < -0.39 is 0 Å². The van der Waals surface area contributed by atoms with Crippen LogP contribution in [0.1, 0.15) is 40.5 Å². The van der Waals surface area contributed by atoms with Crippen molar-refractivity contribution in [3.8, 4) is 0 Å². The lowest BCUT2D eigenvalue weighted by Crippen LogP contribution is -2.46. The van der Waals surface area contributed by atoms with Crippen LogP contribution in [0.5, 0.6) is 0 Å². The van der Waals surface area contributed by atoms with Crippen LogP contribution in [0.15, 0.2) is 29.6 Å². The molecule has 2 aliphatic rings. The van der Waals surface area contributed by atoms with Crippen molar-refractivity contribution in [1.82, 2.24) is 15.5 Å². The van der Waals surface area contributed by atoms with Crippen molar-refractivity contribution in [3.05, 3.63) is 56.8 Å². The van der Waals surface area contributed by atoms with E-state index in [9.17, 15) is 4.79 Å². The third kappa shape index (κ3) is 3.94. The number of carbonyl (C=O) groups is 1. The molecule has 0 spiro atoms. The van der Waals surface area contributed by atoms with Crippen LogP contribution in [0.25, 0.3) is 0 Å². The number of aryl methyl sites for hydroxylation is 2. The van der Waals surface area contributed by atoms with Crippen molar-refractivity contribution in [2.45, 2.75) is 51.7 Å². The molecule has 1 atom stereocenters. The number of nitrogens with one attached hydrogen (secondary N) is 2. The number of hydrogen-bond acceptors (Lipinski definition) is 3. The Labute approximate surface area is 159 Å². The summed E-state index contributed by atoms with van der Waals surface area (Å²) in [6, 6.07) is 9.10. The molecule has 1 unspecified atom stereocenters. The zero-order valence-electron chi connectivity index (χ0n) is 15.4. The van der Waals surface area contributed by atoms with Gasteiger partial charge in [0.25, 0.3) is 0 Å². The summed E-state index contributed by atoms with van der Waals surface area (Å²) >= 11 is 1.86. The van der Waals surface area contributed by atoms with Crippen LogP contribution in [0.2, 0.25) is 0 Å². The van der Waals surface area contributed by atoms with Gasteiger partial charge >= 0.3 is 6.03 Å². The van der Waals surface area contributed by atoms with Gasteiger partial charge in [-0.25, -0.2) is 4.79 Å². The number of hydrogen-bond donors (Lipinski definition) is 2. The van der Waals surface area contributed by atoms with Gasteiger partial charge in [0.1, 0.15) is 0 Å². The predicted octanol–water partition coefficient (Wildman–Crippen LogP) is 3.48. The van der Waals surface area contributed by atoms with E-state index in [1.165, 1.54) is 46.4 Å². The third-order valence-electron chi connectivity index (χ3n) is 5.63. The van der Waals surface area contributed by atoms with Crippen molar-refractivity contribution in [1.29, 1.82) is 0 Å². The van der Waals surface area contributed by atoms with Crippen LogP contribution in [0, 0.1) is 0 Å². The molecule has 1 aliphatic heterocycles. The lowest BCUT2D eigenvalue weighted by Gasteiger charge is -2.32. The monoisotopic (exact) mass is 369 g/mol. The maximum absolute atomic E-state index is 12.2. The van der Waals surface area contributed by atoms with E-state index in [0.717, 1.165) is 19.5 Å². The Morgan fingerprint density at radius 1 is 1.15 bits per heavy atom. The van der Waals surface area contributed by atoms with E-state index in [-0.39, 0.29) is 6.03 Å². The standard InChI is InChI=1S/C21H27N3OS/c1-15(24-9-7-20-19(14-24)8-10-26-20)12-22-21(25)23-13-16-5-6-17-3-2-4-18(17)11-16/h5-6,8,10-11,15H,2-4,7,9,12-14H2,1H3,(H2,22,23,25). The fourth-order valence-electron chi connectivity index (χ4n) is 4.00. The minimum atomic E-state index is -0.0782. The van der Waals surface area contributed by atoms with Crippen molar-refractivity contribution in [2.24, 2.45) is 0 Å². The Balaban J connectivity index is 1.21. The van der Waals surface area contributed by atoms with Gasteiger partial charge in [0.05, 0.1) is 0 Å². The molecule has 5 heteroatoms. The SMILES string of the molecule is CC(CNC(=O)NCc1ccc2c(c1)CCC2)N1CCc2sccc2C1. The highest BCUT2D eigenvalue weighted by Gasteiger charge is 2.21. The number of nitrogens with zero attached hydrogens (tertiary/aromatic N) is 1. The summed E-state index contributed by atoms with van der Waals surface area (Å²) in [5, 5.41) is 8.21. The minimum Gasteiger partial charge on any atom is -0.337 e. The molecule has 2 aromatic rings. The van der Waals surface area contributed by atoms with Crippen molar-refractivity contribution in [2.75, 3.05) is 13.1 Å². The Bertz CT molecular complexity index is 785. The van der Waals surface area contributed by atoms with E-state index >= 15 is 0 Å². The average Bonchev–Trinajstić information content (AvgIpc) is 3.32. The molecule has 0 saturated heterocycles. The van der Waals surface area contributed by atoms with E-state index in [2.05, 4.69) is 52.1 Å². The summed E-state index contributed by atoms with van der Waals surface area (Å²) in [5.41, 5.74) is 5.57. The molecule has 1 aromatic heterocycles. The van der Waals surface area contributed by atoms with Gasteiger partial charge in [0.2, 0.25) is 0 Å². The average molecular weight is 370 g/mol. The molecule has 2 heterocycles. The van der Waals surface area contributed by atoms with Gasteiger partial charge in [-0.2, -0.15) is 0 Å². The Kier molecular flexibility index (Phi) is 5.27. The number of urea groups is 1. The molecule has 138 valence electrons. The Morgan fingerprint density at radius 3 is 2.96 bits per heavy atom. The zero-order chi connectivity index (χ0) is 17.9. The highest BCUT2D eigenvalue weighted by Crippen LogP contribution is 2.25. The third-order valence-corrected chi connectivity index (χ3v) is 6.66. The molecule has 4 rings (SSSR count). The van der Waals surface area contributed by atoms with Crippen molar-refractivity contribution in [3.63, 3.8) is 0 Å². The molecule has 0 fully saturated rings. The first kappa shape index (κ1) is 17.6. The largest absolute Gasteiger partial charge is 0.337 e. The second kappa shape index (κ2) is 7.80. The van der Waals surface area contributed by atoms with E-state index in [0.29, 0.717) is 19.1 Å². The number of carbonyl (C=O) groups excluding carboxylic acids is 1. The van der Waals surface area contributed by atoms with Crippen LogP contribution in [0.3, 0.4) is 0 Å². The highest BCUT2D eigenvalue weighted by atomic mass is 32.1. The summed E-state index contributed by atoms with van der Waals surface area (Å²) < 4.78 is 0. The summed E-state index contributed by atoms with van der Waals surface area (Å²) in [4.78, 5) is 16.1. The minimum absolute atomic E-state index is 0.0782. The number of amides is 2. The molecule has 26 heavy (non-hydrogen) atoms. The molecule has 2 N–H and O–H groups in total. The predicted molar refractivity (Wildman–Crippen MR) is 107 cm³/mol. The molecular weight excluding hydrogens is 342 g/mol. The fourth-order valence-corrected chi connectivity index (χ4v) is 4.89. The lowest BCUT2D eigenvalue weighted by atomic mass is 10.1. The molecule has 1 aliphatic carbocycles. The Hall–Kier alpha value is -1.85. The molecule has 0 radical (unpaired) electrons. The van der Waals surface area contributed by atoms with E-state index in [1.807, 2.05) is 11.3 Å². The quantitative estimate of drug-likeness (QED) is 0.847. The molecule has 1 aromatic carbocycles. The second-order valence-electron chi connectivity index (χ2n) is 7.46. The Morgan fingerprint density at radius 2 is 2.04 bits per heavy atom. The molecule has 2 amide bonds. The maximum Gasteiger partial charge on any atom is 0.315 e. The van der Waals surface area contributed by atoms with Crippen LogP contribution in [-0.2, 0) is 32.4 Å². The normalized spacial score (nSPS) is 17.4. The summed E-state index contributed by atoms with van der Waals surface area (Å²) in [7, 11) is 0. The highest BCUT2D eigenvalue weighted by molar-refractivity contribution is 7.10. The van der Waals surface area contributed by atoms with Crippen LogP contribution < -0.4 is 10.6 Å². The number of fused-ring (bicyclic) bond motifs is 2. The summed E-state index contributed by atoms with van der Waals surface area (Å²) in [5.74, 6) is 0. The van der Waals surface area contributed by atoms with Crippen LogP contribution in [0.4, 0.5) is 4.79 Å². The molecule has 4 nitrogen and oxygen atoms in total. The van der Waals surface area contributed by atoms with Gasteiger partial charge in [-0.15, -0.1) is 11.3 Å². The summed E-state index contributed by atoms with van der Waals surface area (Å²) in [6.45, 7) is 5.54. The van der Waals surface area contributed by atoms with Gasteiger partial charge in [-0.05, 0) is 66.3 Å². The molecule has 0 saturated carbocycles. The first-order chi connectivity index (χ1) is 12.7. The first-order valence-corrected chi connectivity index (χ1v) is 10.5. The van der Waals surface area contributed by atoms with Crippen LogP contribution >= 0.6 is 11.3 Å². The van der Waals surface area contributed by atoms with Crippen molar-refractivity contribution >= 4 is 17.4 Å². The fraction of sp³-hybridized carbons (Fsp3) is 0.476. The van der Waals surface area contributed by atoms with Gasteiger partial charge in [-0.1, -0.05) is 18.2 Å². The van der Waals surface area contributed by atoms with E-state index in [4.69, 9.17) is 0 Å². The smallest absolute Gasteiger partial charge is 0.315 e. The van der Waals surface area contributed by atoms with Gasteiger partial charge < -0.3 is 10.6 Å². The second-order valence-corrected chi connectivity index (χ2v) is 8.46. The lowest BCUT2D eigenvalue weighted by molar-refractivity contribution is 0.186. The summed E-state index contributed by atoms with van der Waals surface area (Å²) in [6.07, 6.45) is 4.76. The van der Waals surface area contributed by atoms with Crippen molar-refractivity contribution < 1.29 is 4.79 Å².